The van der Waals surface area contributed by atoms with E-state index in [2.05, 4.69) is 51.1 Å². The largest absolute Gasteiger partial charge is 0.493 e. The molecule has 0 saturated carbocycles. The lowest BCUT2D eigenvalue weighted by molar-refractivity contribution is 0.301. The van der Waals surface area contributed by atoms with Gasteiger partial charge in [-0.05, 0) is 50.2 Å². The number of unbranched alkanes of at least 4 members (excludes halogenated alkanes) is 2. The van der Waals surface area contributed by atoms with Crippen molar-refractivity contribution in [1.29, 1.82) is 0 Å². The highest BCUT2D eigenvalue weighted by Gasteiger charge is 2.13. The summed E-state index contributed by atoms with van der Waals surface area (Å²) < 4.78 is 12.3. The molecule has 0 aromatic heterocycles. The zero-order valence-electron chi connectivity index (χ0n) is 16.5. The van der Waals surface area contributed by atoms with Gasteiger partial charge in [-0.15, -0.1) is 11.6 Å². The number of fused-ring (bicyclic) bond motifs is 1. The van der Waals surface area contributed by atoms with Crippen LogP contribution in [-0.2, 0) is 6.42 Å². The fraction of sp³-hybridized carbons (Fsp3) is 0.565. The summed E-state index contributed by atoms with van der Waals surface area (Å²) in [6.07, 6.45) is 7.40. The van der Waals surface area contributed by atoms with Gasteiger partial charge in [0.2, 0.25) is 0 Å². The summed E-state index contributed by atoms with van der Waals surface area (Å²) in [4.78, 5) is 0. The predicted molar refractivity (Wildman–Crippen MR) is 113 cm³/mol. The van der Waals surface area contributed by atoms with Crippen molar-refractivity contribution < 1.29 is 9.47 Å². The van der Waals surface area contributed by atoms with E-state index < -0.39 is 0 Å². The van der Waals surface area contributed by atoms with Crippen LogP contribution in [0.1, 0.15) is 64.9 Å². The molecule has 0 radical (unpaired) electrons. The first-order valence-electron chi connectivity index (χ1n) is 10.1. The molecule has 26 heavy (non-hydrogen) atoms. The average Bonchev–Trinajstić information content (AvgIpc) is 2.68. The van der Waals surface area contributed by atoms with Crippen LogP contribution in [0.2, 0.25) is 0 Å². The van der Waals surface area contributed by atoms with Crippen molar-refractivity contribution in [2.24, 2.45) is 0 Å². The SMILES string of the molecule is CCCCOc1c(CC)cc(OCCCCC(Cl)CC)c2ccccc12. The number of alkyl halides is 1. The van der Waals surface area contributed by atoms with Crippen molar-refractivity contribution in [3.8, 4) is 11.5 Å². The third-order valence-electron chi connectivity index (χ3n) is 4.77. The molecule has 0 spiro atoms. The third kappa shape index (κ3) is 5.81. The highest BCUT2D eigenvalue weighted by Crippen LogP contribution is 2.37. The molecular formula is C23H33ClO2. The van der Waals surface area contributed by atoms with Crippen LogP contribution in [0, 0.1) is 0 Å². The second-order valence-electron chi connectivity index (χ2n) is 6.81. The van der Waals surface area contributed by atoms with E-state index in [1.807, 2.05) is 0 Å². The number of benzene rings is 2. The standard InChI is InChI=1S/C23H33ClO2/c1-4-7-15-26-23-18(5-2)17-22(20-13-8-9-14-21(20)23)25-16-11-10-12-19(24)6-3/h8-9,13-14,17,19H,4-7,10-12,15-16H2,1-3H3. The first kappa shape index (κ1) is 20.9. The van der Waals surface area contributed by atoms with Gasteiger partial charge in [-0.1, -0.05) is 51.5 Å². The van der Waals surface area contributed by atoms with Crippen LogP contribution in [0.4, 0.5) is 0 Å². The van der Waals surface area contributed by atoms with Gasteiger partial charge in [-0.2, -0.15) is 0 Å². The second-order valence-corrected chi connectivity index (χ2v) is 7.43. The Morgan fingerprint density at radius 2 is 1.65 bits per heavy atom. The topological polar surface area (TPSA) is 18.5 Å². The van der Waals surface area contributed by atoms with Gasteiger partial charge >= 0.3 is 0 Å². The van der Waals surface area contributed by atoms with E-state index in [1.54, 1.807) is 0 Å². The minimum atomic E-state index is 0.294. The zero-order valence-corrected chi connectivity index (χ0v) is 17.3. The summed E-state index contributed by atoms with van der Waals surface area (Å²) in [5.41, 5.74) is 1.22. The van der Waals surface area contributed by atoms with Crippen LogP contribution >= 0.6 is 11.6 Å². The van der Waals surface area contributed by atoms with Gasteiger partial charge in [-0.25, -0.2) is 0 Å². The lowest BCUT2D eigenvalue weighted by atomic mass is 10.0. The van der Waals surface area contributed by atoms with Gasteiger partial charge in [0.25, 0.3) is 0 Å². The van der Waals surface area contributed by atoms with Gasteiger partial charge in [0.1, 0.15) is 11.5 Å². The Morgan fingerprint density at radius 3 is 2.35 bits per heavy atom. The van der Waals surface area contributed by atoms with Gasteiger partial charge in [0, 0.05) is 16.1 Å². The smallest absolute Gasteiger partial charge is 0.130 e. The van der Waals surface area contributed by atoms with Gasteiger partial charge < -0.3 is 9.47 Å². The van der Waals surface area contributed by atoms with Crippen LogP contribution in [0.15, 0.2) is 30.3 Å². The van der Waals surface area contributed by atoms with Crippen LogP contribution in [0.3, 0.4) is 0 Å². The van der Waals surface area contributed by atoms with E-state index in [-0.39, 0.29) is 0 Å². The maximum atomic E-state index is 6.19. The average molecular weight is 377 g/mol. The maximum absolute atomic E-state index is 6.19. The molecule has 0 N–H and O–H groups in total. The minimum Gasteiger partial charge on any atom is -0.493 e. The fourth-order valence-electron chi connectivity index (χ4n) is 3.10. The molecule has 2 aromatic carbocycles. The van der Waals surface area contributed by atoms with Crippen molar-refractivity contribution in [3.63, 3.8) is 0 Å². The molecule has 0 amide bonds. The number of hydrogen-bond acceptors (Lipinski definition) is 2. The number of rotatable bonds is 12. The Bertz CT molecular complexity index is 669. The number of halogens is 1. The summed E-state index contributed by atoms with van der Waals surface area (Å²) in [6.45, 7) is 8.00. The summed E-state index contributed by atoms with van der Waals surface area (Å²) in [7, 11) is 0. The molecule has 0 aliphatic carbocycles. The van der Waals surface area contributed by atoms with Crippen LogP contribution in [0.25, 0.3) is 10.8 Å². The Kier molecular flexibility index (Phi) is 9.11. The molecule has 144 valence electrons. The van der Waals surface area contributed by atoms with Crippen molar-refractivity contribution >= 4 is 22.4 Å². The van der Waals surface area contributed by atoms with Crippen LogP contribution in [-0.4, -0.2) is 18.6 Å². The zero-order chi connectivity index (χ0) is 18.8. The Balaban J connectivity index is 2.13. The van der Waals surface area contributed by atoms with Crippen molar-refractivity contribution in [1.82, 2.24) is 0 Å². The highest BCUT2D eigenvalue weighted by atomic mass is 35.5. The van der Waals surface area contributed by atoms with Crippen molar-refractivity contribution in [2.45, 2.75) is 71.1 Å². The molecular weight excluding hydrogens is 344 g/mol. The number of ether oxygens (including phenoxy) is 2. The van der Waals surface area contributed by atoms with E-state index in [0.29, 0.717) is 5.38 Å². The molecule has 0 fully saturated rings. The molecule has 2 rings (SSSR count). The van der Waals surface area contributed by atoms with E-state index in [0.717, 1.165) is 80.4 Å². The van der Waals surface area contributed by atoms with Gasteiger partial charge in [0.05, 0.1) is 13.2 Å². The Labute approximate surface area is 163 Å². The molecule has 0 aliphatic rings. The highest BCUT2D eigenvalue weighted by molar-refractivity contribution is 6.20. The first-order valence-corrected chi connectivity index (χ1v) is 10.6. The van der Waals surface area contributed by atoms with Gasteiger partial charge in [0.15, 0.2) is 0 Å². The first-order chi connectivity index (χ1) is 12.7. The number of hydrogen-bond donors (Lipinski definition) is 0. The van der Waals surface area contributed by atoms with Crippen LogP contribution < -0.4 is 9.47 Å². The quantitative estimate of drug-likeness (QED) is 0.289. The summed E-state index contributed by atoms with van der Waals surface area (Å²) >= 11 is 6.19. The molecule has 1 unspecified atom stereocenters. The summed E-state index contributed by atoms with van der Waals surface area (Å²) in [5, 5.41) is 2.59. The second kappa shape index (κ2) is 11.3. The minimum absolute atomic E-state index is 0.294. The van der Waals surface area contributed by atoms with E-state index >= 15 is 0 Å². The van der Waals surface area contributed by atoms with E-state index in [1.165, 1.54) is 5.56 Å². The molecule has 0 saturated heterocycles. The maximum Gasteiger partial charge on any atom is 0.130 e. The van der Waals surface area contributed by atoms with Crippen LogP contribution in [0.5, 0.6) is 11.5 Å². The number of aryl methyl sites for hydroxylation is 1. The lowest BCUT2D eigenvalue weighted by Crippen LogP contribution is -2.04. The van der Waals surface area contributed by atoms with Crippen molar-refractivity contribution in [2.75, 3.05) is 13.2 Å². The molecule has 0 heterocycles. The molecule has 0 bridgehead atoms. The third-order valence-corrected chi connectivity index (χ3v) is 5.30. The molecule has 2 aromatic rings. The Hall–Kier alpha value is -1.41. The molecule has 1 atom stereocenters. The molecule has 0 aliphatic heterocycles. The lowest BCUT2D eigenvalue weighted by Gasteiger charge is -2.17. The summed E-state index contributed by atoms with van der Waals surface area (Å²) in [6, 6.07) is 10.6. The Morgan fingerprint density at radius 1 is 0.923 bits per heavy atom. The van der Waals surface area contributed by atoms with E-state index in [4.69, 9.17) is 21.1 Å². The van der Waals surface area contributed by atoms with E-state index in [9.17, 15) is 0 Å². The normalized spacial score (nSPS) is 12.3. The van der Waals surface area contributed by atoms with Crippen molar-refractivity contribution in [3.05, 3.63) is 35.9 Å². The molecule has 2 nitrogen and oxygen atoms in total. The fourth-order valence-corrected chi connectivity index (χ4v) is 3.25. The summed E-state index contributed by atoms with van der Waals surface area (Å²) in [5.74, 6) is 2.00. The monoisotopic (exact) mass is 376 g/mol. The molecule has 3 heteroatoms. The predicted octanol–water partition coefficient (Wildman–Crippen LogP) is 7.15. The van der Waals surface area contributed by atoms with Gasteiger partial charge in [-0.3, -0.25) is 0 Å².